The van der Waals surface area contributed by atoms with Gasteiger partial charge in [-0.2, -0.15) is 8.42 Å². The van der Waals surface area contributed by atoms with Crippen molar-refractivity contribution in [3.63, 3.8) is 0 Å². The fourth-order valence-corrected chi connectivity index (χ4v) is 2.57. The molecular formula is C13H23N3O2S. The zero-order valence-electron chi connectivity index (χ0n) is 11.7. The molecule has 0 amide bonds. The Bertz CT molecular complexity index is 483. The molecule has 5 nitrogen and oxygen atoms in total. The van der Waals surface area contributed by atoms with Gasteiger partial charge in [-0.25, -0.2) is 9.44 Å². The highest BCUT2D eigenvalue weighted by Crippen LogP contribution is 2.17. The van der Waals surface area contributed by atoms with Crippen molar-refractivity contribution in [1.82, 2.24) is 9.44 Å². The molecule has 1 unspecified atom stereocenters. The fourth-order valence-electron chi connectivity index (χ4n) is 1.69. The predicted molar refractivity (Wildman–Crippen MR) is 78.1 cm³/mol. The lowest BCUT2D eigenvalue weighted by Crippen LogP contribution is -2.40. The number of hydrogen-bond donors (Lipinski definition) is 3. The fraction of sp³-hybridized carbons (Fsp3) is 0.538. The van der Waals surface area contributed by atoms with Gasteiger partial charge in [0.05, 0.1) is 0 Å². The lowest BCUT2D eigenvalue weighted by Gasteiger charge is -2.14. The van der Waals surface area contributed by atoms with Gasteiger partial charge in [-0.3, -0.25) is 0 Å². The Morgan fingerprint density at radius 2 is 1.63 bits per heavy atom. The van der Waals surface area contributed by atoms with Crippen molar-refractivity contribution < 1.29 is 8.42 Å². The highest BCUT2D eigenvalue weighted by Gasteiger charge is 2.12. The summed E-state index contributed by atoms with van der Waals surface area (Å²) in [6.45, 7) is 6.51. The molecule has 0 saturated carbocycles. The third-order valence-corrected chi connectivity index (χ3v) is 4.07. The Balaban J connectivity index is 2.61. The summed E-state index contributed by atoms with van der Waals surface area (Å²) in [6, 6.07) is 7.59. The van der Waals surface area contributed by atoms with Crippen LogP contribution in [0.15, 0.2) is 24.3 Å². The van der Waals surface area contributed by atoms with Crippen LogP contribution in [0.1, 0.15) is 43.9 Å². The number of benzene rings is 1. The van der Waals surface area contributed by atoms with E-state index in [1.54, 1.807) is 6.92 Å². The summed E-state index contributed by atoms with van der Waals surface area (Å²) in [6.07, 6.45) is 0. The Kier molecular flexibility index (Phi) is 5.93. The average Bonchev–Trinajstić information content (AvgIpc) is 2.36. The summed E-state index contributed by atoms with van der Waals surface area (Å²) >= 11 is 0. The third kappa shape index (κ3) is 5.28. The summed E-state index contributed by atoms with van der Waals surface area (Å²) in [5.41, 5.74) is 8.13. The molecule has 0 aliphatic carbocycles. The first-order valence-corrected chi connectivity index (χ1v) is 7.93. The van der Waals surface area contributed by atoms with E-state index in [0.29, 0.717) is 12.5 Å². The zero-order chi connectivity index (χ0) is 14.5. The van der Waals surface area contributed by atoms with Crippen LogP contribution in [0.3, 0.4) is 0 Å². The van der Waals surface area contributed by atoms with E-state index in [1.807, 2.05) is 24.3 Å². The predicted octanol–water partition coefficient (Wildman–Crippen LogP) is 1.25. The smallest absolute Gasteiger partial charge is 0.276 e. The first-order chi connectivity index (χ1) is 8.85. The van der Waals surface area contributed by atoms with E-state index in [9.17, 15) is 8.42 Å². The standard InChI is InChI=1S/C13H23N3O2S/c1-4-15-19(17,18)16-9-13(14)12-7-5-11(6-8-12)10(2)3/h5-8,10,13,15-16H,4,9,14H2,1-3H3. The van der Waals surface area contributed by atoms with E-state index < -0.39 is 10.2 Å². The van der Waals surface area contributed by atoms with E-state index in [-0.39, 0.29) is 12.6 Å². The lowest BCUT2D eigenvalue weighted by molar-refractivity contribution is 0.560. The SMILES string of the molecule is CCNS(=O)(=O)NCC(N)c1ccc(C(C)C)cc1. The number of rotatable bonds is 7. The summed E-state index contributed by atoms with van der Waals surface area (Å²) in [5, 5.41) is 0. The Labute approximate surface area is 115 Å². The van der Waals surface area contributed by atoms with Gasteiger partial charge in [-0.05, 0) is 17.0 Å². The lowest BCUT2D eigenvalue weighted by atomic mass is 9.99. The first kappa shape index (κ1) is 16.1. The van der Waals surface area contributed by atoms with E-state index in [2.05, 4.69) is 23.3 Å². The van der Waals surface area contributed by atoms with Crippen molar-refractivity contribution >= 4 is 10.2 Å². The van der Waals surface area contributed by atoms with Crippen molar-refractivity contribution in [3.05, 3.63) is 35.4 Å². The summed E-state index contributed by atoms with van der Waals surface area (Å²) in [5.74, 6) is 0.470. The molecule has 0 aliphatic rings. The first-order valence-electron chi connectivity index (χ1n) is 6.45. The molecule has 0 spiro atoms. The minimum atomic E-state index is -3.44. The zero-order valence-corrected chi connectivity index (χ0v) is 12.5. The molecule has 0 heterocycles. The molecule has 0 radical (unpaired) electrons. The molecule has 6 heteroatoms. The van der Waals surface area contributed by atoms with Crippen molar-refractivity contribution in [2.75, 3.05) is 13.1 Å². The van der Waals surface area contributed by atoms with Crippen LogP contribution in [0, 0.1) is 0 Å². The van der Waals surface area contributed by atoms with Gasteiger partial charge in [0.25, 0.3) is 10.2 Å². The molecule has 1 rings (SSSR count). The quantitative estimate of drug-likeness (QED) is 0.705. The van der Waals surface area contributed by atoms with Crippen LogP contribution in [0.5, 0.6) is 0 Å². The van der Waals surface area contributed by atoms with E-state index in [1.165, 1.54) is 5.56 Å². The maximum atomic E-state index is 11.4. The normalized spacial score (nSPS) is 13.7. The molecule has 108 valence electrons. The van der Waals surface area contributed by atoms with Gasteiger partial charge in [0, 0.05) is 19.1 Å². The highest BCUT2D eigenvalue weighted by molar-refractivity contribution is 7.87. The van der Waals surface area contributed by atoms with Crippen LogP contribution < -0.4 is 15.2 Å². The van der Waals surface area contributed by atoms with Crippen molar-refractivity contribution in [3.8, 4) is 0 Å². The van der Waals surface area contributed by atoms with Crippen LogP contribution >= 0.6 is 0 Å². The van der Waals surface area contributed by atoms with Gasteiger partial charge in [0.15, 0.2) is 0 Å². The van der Waals surface area contributed by atoms with Crippen LogP contribution in [0.25, 0.3) is 0 Å². The average molecular weight is 285 g/mol. The summed E-state index contributed by atoms with van der Waals surface area (Å²) in [4.78, 5) is 0. The number of nitrogens with two attached hydrogens (primary N) is 1. The van der Waals surface area contributed by atoms with Gasteiger partial charge in [0.2, 0.25) is 0 Å². The number of nitrogens with one attached hydrogen (secondary N) is 2. The van der Waals surface area contributed by atoms with Gasteiger partial charge in [0.1, 0.15) is 0 Å². The number of hydrogen-bond acceptors (Lipinski definition) is 3. The monoisotopic (exact) mass is 285 g/mol. The largest absolute Gasteiger partial charge is 0.323 e. The van der Waals surface area contributed by atoms with Crippen molar-refractivity contribution in [2.24, 2.45) is 5.73 Å². The maximum absolute atomic E-state index is 11.4. The molecule has 1 aromatic rings. The molecule has 0 aromatic heterocycles. The Morgan fingerprint density at radius 3 is 2.11 bits per heavy atom. The van der Waals surface area contributed by atoms with Crippen LogP contribution in [0.2, 0.25) is 0 Å². The minimum Gasteiger partial charge on any atom is -0.323 e. The van der Waals surface area contributed by atoms with Crippen molar-refractivity contribution in [2.45, 2.75) is 32.7 Å². The third-order valence-electron chi connectivity index (χ3n) is 2.86. The van der Waals surface area contributed by atoms with Gasteiger partial charge in [-0.15, -0.1) is 0 Å². The molecule has 0 fully saturated rings. The van der Waals surface area contributed by atoms with E-state index in [4.69, 9.17) is 5.73 Å². The molecule has 1 aromatic carbocycles. The van der Waals surface area contributed by atoms with Crippen LogP contribution in [-0.4, -0.2) is 21.5 Å². The molecule has 19 heavy (non-hydrogen) atoms. The maximum Gasteiger partial charge on any atom is 0.276 e. The molecule has 1 atom stereocenters. The van der Waals surface area contributed by atoms with E-state index >= 15 is 0 Å². The Hall–Kier alpha value is -0.950. The molecule has 0 bridgehead atoms. The topological polar surface area (TPSA) is 84.2 Å². The van der Waals surface area contributed by atoms with Crippen LogP contribution in [0.4, 0.5) is 0 Å². The van der Waals surface area contributed by atoms with E-state index in [0.717, 1.165) is 5.56 Å². The molecular weight excluding hydrogens is 262 g/mol. The Morgan fingerprint density at radius 1 is 1.11 bits per heavy atom. The second-order valence-electron chi connectivity index (χ2n) is 4.78. The second kappa shape index (κ2) is 7.00. The molecule has 0 saturated heterocycles. The van der Waals surface area contributed by atoms with Crippen molar-refractivity contribution in [1.29, 1.82) is 0 Å². The van der Waals surface area contributed by atoms with Crippen LogP contribution in [-0.2, 0) is 10.2 Å². The molecule has 4 N–H and O–H groups in total. The van der Waals surface area contributed by atoms with Gasteiger partial charge in [-0.1, -0.05) is 45.0 Å². The summed E-state index contributed by atoms with van der Waals surface area (Å²) < 4.78 is 27.7. The van der Waals surface area contributed by atoms with Gasteiger partial charge >= 0.3 is 0 Å². The molecule has 0 aliphatic heterocycles. The minimum absolute atomic E-state index is 0.177. The second-order valence-corrected chi connectivity index (χ2v) is 6.36. The highest BCUT2D eigenvalue weighted by atomic mass is 32.2. The van der Waals surface area contributed by atoms with Gasteiger partial charge < -0.3 is 5.73 Å². The summed E-state index contributed by atoms with van der Waals surface area (Å²) in [7, 11) is -3.44.